The molecular weight excluding hydrogens is 182 g/mol. The number of likely N-dealkylation sites (N-methyl/N-ethyl adjacent to an activating group) is 1. The summed E-state index contributed by atoms with van der Waals surface area (Å²) in [5.41, 5.74) is -0.750. The van der Waals surface area contributed by atoms with Gasteiger partial charge in [0.15, 0.2) is 0 Å². The molecule has 0 saturated carbocycles. The standard InChI is InChI=1S/C9H19N3O2/c1-11(2)8(13)12(3)7-9(14)4-5-10-6-9/h10,14H,4-7H2,1-3H3. The van der Waals surface area contributed by atoms with Crippen molar-refractivity contribution >= 4 is 6.03 Å². The summed E-state index contributed by atoms with van der Waals surface area (Å²) in [7, 11) is 5.12. The van der Waals surface area contributed by atoms with Crippen LogP contribution in [0.15, 0.2) is 0 Å². The minimum absolute atomic E-state index is 0.0784. The van der Waals surface area contributed by atoms with E-state index in [1.54, 1.807) is 26.0 Å². The SMILES string of the molecule is CN(C)C(=O)N(C)CC1(O)CCNC1. The fourth-order valence-corrected chi connectivity index (χ4v) is 1.72. The number of hydrogen-bond donors (Lipinski definition) is 2. The molecule has 82 valence electrons. The smallest absolute Gasteiger partial charge is 0.319 e. The van der Waals surface area contributed by atoms with Gasteiger partial charge in [0.25, 0.3) is 0 Å². The van der Waals surface area contributed by atoms with E-state index in [-0.39, 0.29) is 6.03 Å². The van der Waals surface area contributed by atoms with Crippen molar-refractivity contribution in [2.45, 2.75) is 12.0 Å². The summed E-state index contributed by atoms with van der Waals surface area (Å²) in [4.78, 5) is 14.5. The lowest BCUT2D eigenvalue weighted by Crippen LogP contribution is -2.48. The van der Waals surface area contributed by atoms with E-state index in [0.717, 1.165) is 6.54 Å². The summed E-state index contributed by atoms with van der Waals surface area (Å²) in [5.74, 6) is 0. The molecular formula is C9H19N3O2. The first-order chi connectivity index (χ1) is 6.44. The highest BCUT2D eigenvalue weighted by atomic mass is 16.3. The molecule has 1 aliphatic rings. The number of nitrogens with zero attached hydrogens (tertiary/aromatic N) is 2. The van der Waals surface area contributed by atoms with Crippen molar-refractivity contribution in [3.8, 4) is 0 Å². The summed E-state index contributed by atoms with van der Waals surface area (Å²) >= 11 is 0. The lowest BCUT2D eigenvalue weighted by Gasteiger charge is -2.29. The van der Waals surface area contributed by atoms with Gasteiger partial charge in [-0.05, 0) is 13.0 Å². The maximum absolute atomic E-state index is 11.5. The van der Waals surface area contributed by atoms with E-state index in [1.807, 2.05) is 0 Å². The molecule has 0 aromatic carbocycles. The van der Waals surface area contributed by atoms with Crippen LogP contribution in [0.1, 0.15) is 6.42 Å². The van der Waals surface area contributed by atoms with Gasteiger partial charge < -0.3 is 20.2 Å². The van der Waals surface area contributed by atoms with Gasteiger partial charge >= 0.3 is 6.03 Å². The molecule has 5 heteroatoms. The Hall–Kier alpha value is -0.810. The summed E-state index contributed by atoms with van der Waals surface area (Å²) in [6, 6.07) is -0.0784. The van der Waals surface area contributed by atoms with Gasteiger partial charge in [0.1, 0.15) is 0 Å². The second-order valence-corrected chi connectivity index (χ2v) is 4.18. The maximum atomic E-state index is 11.5. The molecule has 0 aliphatic carbocycles. The van der Waals surface area contributed by atoms with E-state index in [0.29, 0.717) is 19.5 Å². The van der Waals surface area contributed by atoms with Gasteiger partial charge in [-0.3, -0.25) is 0 Å². The van der Waals surface area contributed by atoms with Crippen molar-refractivity contribution in [1.29, 1.82) is 0 Å². The highest BCUT2D eigenvalue weighted by molar-refractivity contribution is 5.73. The number of carbonyl (C=O) groups excluding carboxylic acids is 1. The van der Waals surface area contributed by atoms with Gasteiger partial charge in [-0.15, -0.1) is 0 Å². The van der Waals surface area contributed by atoms with E-state index in [9.17, 15) is 9.90 Å². The van der Waals surface area contributed by atoms with E-state index < -0.39 is 5.60 Å². The van der Waals surface area contributed by atoms with E-state index in [2.05, 4.69) is 5.32 Å². The topological polar surface area (TPSA) is 55.8 Å². The summed E-state index contributed by atoms with van der Waals surface area (Å²) in [5, 5.41) is 13.1. The second kappa shape index (κ2) is 4.14. The fraction of sp³-hybridized carbons (Fsp3) is 0.889. The normalized spacial score (nSPS) is 26.3. The predicted molar refractivity (Wildman–Crippen MR) is 54.1 cm³/mol. The molecule has 0 spiro atoms. The van der Waals surface area contributed by atoms with Crippen LogP contribution in [0.4, 0.5) is 4.79 Å². The number of carbonyl (C=O) groups is 1. The molecule has 2 amide bonds. The Balaban J connectivity index is 2.47. The summed E-state index contributed by atoms with van der Waals surface area (Å²) in [6.45, 7) is 1.77. The quantitative estimate of drug-likeness (QED) is 0.622. The van der Waals surface area contributed by atoms with Crippen molar-refractivity contribution in [3.05, 3.63) is 0 Å². The second-order valence-electron chi connectivity index (χ2n) is 4.18. The molecule has 0 bridgehead atoms. The van der Waals surface area contributed by atoms with Gasteiger partial charge in [0.2, 0.25) is 0 Å². The lowest BCUT2D eigenvalue weighted by atomic mass is 10.0. The molecule has 14 heavy (non-hydrogen) atoms. The Morgan fingerprint density at radius 2 is 2.14 bits per heavy atom. The third kappa shape index (κ3) is 2.59. The minimum Gasteiger partial charge on any atom is -0.387 e. The lowest BCUT2D eigenvalue weighted by molar-refractivity contribution is 0.0338. The van der Waals surface area contributed by atoms with Gasteiger partial charge in [0.05, 0.1) is 12.1 Å². The van der Waals surface area contributed by atoms with Crippen molar-refractivity contribution in [2.75, 3.05) is 40.8 Å². The van der Waals surface area contributed by atoms with Crippen molar-refractivity contribution in [2.24, 2.45) is 0 Å². The van der Waals surface area contributed by atoms with Gasteiger partial charge in [-0.1, -0.05) is 0 Å². The Bertz CT molecular complexity index is 212. The van der Waals surface area contributed by atoms with Crippen LogP contribution in [0.3, 0.4) is 0 Å². The van der Waals surface area contributed by atoms with E-state index in [4.69, 9.17) is 0 Å². The Kier molecular flexibility index (Phi) is 3.34. The number of β-amino-alcohol motifs (C(OH)–C–C–N with tert-alkyl or cyclic N) is 1. The van der Waals surface area contributed by atoms with Crippen LogP contribution in [0.25, 0.3) is 0 Å². The Morgan fingerprint density at radius 1 is 1.50 bits per heavy atom. The number of amides is 2. The molecule has 1 heterocycles. The molecule has 1 fully saturated rings. The molecule has 1 rings (SSSR count). The number of hydrogen-bond acceptors (Lipinski definition) is 3. The van der Waals surface area contributed by atoms with Crippen LogP contribution in [0.5, 0.6) is 0 Å². The van der Waals surface area contributed by atoms with Gasteiger partial charge in [0, 0.05) is 27.7 Å². The Labute approximate surface area is 84.7 Å². The number of rotatable bonds is 2. The zero-order chi connectivity index (χ0) is 10.8. The van der Waals surface area contributed by atoms with Crippen LogP contribution >= 0.6 is 0 Å². The average Bonchev–Trinajstić information content (AvgIpc) is 2.50. The number of urea groups is 1. The predicted octanol–water partition coefficient (Wildman–Crippen LogP) is -0.676. The minimum atomic E-state index is -0.750. The third-order valence-corrected chi connectivity index (χ3v) is 2.46. The first-order valence-corrected chi connectivity index (χ1v) is 4.80. The molecule has 0 aromatic heterocycles. The average molecular weight is 201 g/mol. The largest absolute Gasteiger partial charge is 0.387 e. The monoisotopic (exact) mass is 201 g/mol. The molecule has 1 unspecified atom stereocenters. The third-order valence-electron chi connectivity index (χ3n) is 2.46. The van der Waals surface area contributed by atoms with Crippen molar-refractivity contribution in [3.63, 3.8) is 0 Å². The summed E-state index contributed by atoms with van der Waals surface area (Å²) in [6.07, 6.45) is 0.706. The molecule has 1 atom stereocenters. The maximum Gasteiger partial charge on any atom is 0.319 e. The van der Waals surface area contributed by atoms with Crippen molar-refractivity contribution in [1.82, 2.24) is 15.1 Å². The van der Waals surface area contributed by atoms with Crippen LogP contribution in [0.2, 0.25) is 0 Å². The number of aliphatic hydroxyl groups is 1. The van der Waals surface area contributed by atoms with E-state index in [1.165, 1.54) is 4.90 Å². The first kappa shape index (κ1) is 11.3. The zero-order valence-corrected chi connectivity index (χ0v) is 9.08. The van der Waals surface area contributed by atoms with Gasteiger partial charge in [-0.25, -0.2) is 4.79 Å². The first-order valence-electron chi connectivity index (χ1n) is 4.80. The highest BCUT2D eigenvalue weighted by Gasteiger charge is 2.33. The zero-order valence-electron chi connectivity index (χ0n) is 9.08. The van der Waals surface area contributed by atoms with Crippen LogP contribution < -0.4 is 5.32 Å². The highest BCUT2D eigenvalue weighted by Crippen LogP contribution is 2.15. The molecule has 1 saturated heterocycles. The molecule has 0 radical (unpaired) electrons. The van der Waals surface area contributed by atoms with Crippen LogP contribution in [0, 0.1) is 0 Å². The fourth-order valence-electron chi connectivity index (χ4n) is 1.72. The van der Waals surface area contributed by atoms with Crippen LogP contribution in [-0.2, 0) is 0 Å². The Morgan fingerprint density at radius 3 is 2.57 bits per heavy atom. The van der Waals surface area contributed by atoms with Crippen molar-refractivity contribution < 1.29 is 9.90 Å². The molecule has 2 N–H and O–H groups in total. The molecule has 0 aromatic rings. The molecule has 5 nitrogen and oxygen atoms in total. The van der Waals surface area contributed by atoms with E-state index >= 15 is 0 Å². The van der Waals surface area contributed by atoms with Gasteiger partial charge in [-0.2, -0.15) is 0 Å². The molecule has 1 aliphatic heterocycles. The van der Waals surface area contributed by atoms with Crippen LogP contribution in [-0.4, -0.2) is 67.3 Å². The summed E-state index contributed by atoms with van der Waals surface area (Å²) < 4.78 is 0. The number of nitrogens with one attached hydrogen (secondary N) is 1.